The zero-order chi connectivity index (χ0) is 14.7. The van der Waals surface area contributed by atoms with Crippen LogP contribution in [0.15, 0.2) is 30.3 Å². The van der Waals surface area contributed by atoms with E-state index in [1.807, 2.05) is 6.07 Å². The lowest BCUT2D eigenvalue weighted by Gasteiger charge is -2.11. The van der Waals surface area contributed by atoms with Crippen molar-refractivity contribution in [3.63, 3.8) is 0 Å². The molecule has 0 atom stereocenters. The largest absolute Gasteiger partial charge is 0.497 e. The van der Waals surface area contributed by atoms with Gasteiger partial charge >= 0.3 is 5.97 Å². The maximum atomic E-state index is 11.0. The van der Waals surface area contributed by atoms with E-state index in [-0.39, 0.29) is 5.56 Å². The maximum Gasteiger partial charge on any atom is 0.337 e. The van der Waals surface area contributed by atoms with Crippen LogP contribution in [0, 0.1) is 6.92 Å². The number of hydrogen-bond acceptors (Lipinski definition) is 4. The van der Waals surface area contributed by atoms with Crippen LogP contribution in [0.5, 0.6) is 11.5 Å². The SMILES string of the molecule is COc1ccc(-c2ccc(C(=O)O)c(C)n2)c(OC)c1. The van der Waals surface area contributed by atoms with Crippen molar-refractivity contribution in [1.29, 1.82) is 0 Å². The van der Waals surface area contributed by atoms with Gasteiger partial charge in [0.2, 0.25) is 0 Å². The van der Waals surface area contributed by atoms with Gasteiger partial charge in [0, 0.05) is 11.6 Å². The molecule has 0 saturated heterocycles. The Morgan fingerprint density at radius 1 is 1.15 bits per heavy atom. The van der Waals surface area contributed by atoms with Gasteiger partial charge in [-0.2, -0.15) is 0 Å². The first kappa shape index (κ1) is 13.9. The Labute approximate surface area is 116 Å². The molecule has 0 bridgehead atoms. The molecule has 0 unspecified atom stereocenters. The average molecular weight is 273 g/mol. The summed E-state index contributed by atoms with van der Waals surface area (Å²) in [5.41, 5.74) is 2.11. The minimum absolute atomic E-state index is 0.196. The van der Waals surface area contributed by atoms with Crippen LogP contribution in [-0.4, -0.2) is 30.3 Å². The van der Waals surface area contributed by atoms with Crippen molar-refractivity contribution in [2.24, 2.45) is 0 Å². The van der Waals surface area contributed by atoms with Gasteiger partial charge in [-0.15, -0.1) is 0 Å². The third-order valence-electron chi connectivity index (χ3n) is 3.00. The number of pyridine rings is 1. The second kappa shape index (κ2) is 5.61. The van der Waals surface area contributed by atoms with Gasteiger partial charge in [-0.1, -0.05) is 0 Å². The summed E-state index contributed by atoms with van der Waals surface area (Å²) < 4.78 is 10.5. The number of nitrogens with zero attached hydrogens (tertiary/aromatic N) is 1. The molecule has 0 spiro atoms. The number of aromatic carboxylic acids is 1. The number of rotatable bonds is 4. The van der Waals surface area contributed by atoms with Crippen molar-refractivity contribution in [3.8, 4) is 22.8 Å². The molecular weight excluding hydrogens is 258 g/mol. The lowest BCUT2D eigenvalue weighted by Crippen LogP contribution is -2.02. The third kappa shape index (κ3) is 2.56. The summed E-state index contributed by atoms with van der Waals surface area (Å²) >= 11 is 0. The fraction of sp³-hybridized carbons (Fsp3) is 0.200. The Hall–Kier alpha value is -2.56. The van der Waals surface area contributed by atoms with Crippen molar-refractivity contribution >= 4 is 5.97 Å². The Morgan fingerprint density at radius 3 is 2.45 bits per heavy atom. The predicted molar refractivity (Wildman–Crippen MR) is 74.5 cm³/mol. The number of aryl methyl sites for hydroxylation is 1. The highest BCUT2D eigenvalue weighted by Gasteiger charge is 2.13. The maximum absolute atomic E-state index is 11.0. The fourth-order valence-electron chi connectivity index (χ4n) is 1.95. The number of carboxylic acid groups (broad SMARTS) is 1. The Balaban J connectivity index is 2.51. The monoisotopic (exact) mass is 273 g/mol. The van der Waals surface area contributed by atoms with E-state index >= 15 is 0 Å². The molecule has 1 heterocycles. The van der Waals surface area contributed by atoms with Crippen LogP contribution in [0.25, 0.3) is 11.3 Å². The smallest absolute Gasteiger partial charge is 0.337 e. The van der Waals surface area contributed by atoms with Crippen molar-refractivity contribution in [1.82, 2.24) is 4.98 Å². The number of benzene rings is 1. The predicted octanol–water partition coefficient (Wildman–Crippen LogP) is 2.77. The number of hydrogen-bond donors (Lipinski definition) is 1. The van der Waals surface area contributed by atoms with Crippen LogP contribution in [0.2, 0.25) is 0 Å². The number of methoxy groups -OCH3 is 2. The van der Waals surface area contributed by atoms with Gasteiger partial charge < -0.3 is 14.6 Å². The molecule has 5 nitrogen and oxygen atoms in total. The molecule has 104 valence electrons. The first-order valence-electron chi connectivity index (χ1n) is 6.00. The normalized spacial score (nSPS) is 10.2. The molecule has 0 aliphatic carbocycles. The highest BCUT2D eigenvalue weighted by atomic mass is 16.5. The molecule has 20 heavy (non-hydrogen) atoms. The summed E-state index contributed by atoms with van der Waals surface area (Å²) in [4.78, 5) is 15.3. The van der Waals surface area contributed by atoms with Crippen LogP contribution >= 0.6 is 0 Å². The topological polar surface area (TPSA) is 68.7 Å². The highest BCUT2D eigenvalue weighted by molar-refractivity contribution is 5.89. The van der Waals surface area contributed by atoms with Crippen molar-refractivity contribution in [2.45, 2.75) is 6.92 Å². The summed E-state index contributed by atoms with van der Waals surface area (Å²) in [5.74, 6) is 0.326. The molecule has 0 aliphatic heterocycles. The minimum atomic E-state index is -0.983. The van der Waals surface area contributed by atoms with Crippen molar-refractivity contribution in [2.75, 3.05) is 14.2 Å². The molecule has 1 aromatic carbocycles. The summed E-state index contributed by atoms with van der Waals surface area (Å²) in [6, 6.07) is 8.61. The quantitative estimate of drug-likeness (QED) is 0.927. The number of carbonyl (C=O) groups is 1. The molecule has 0 aliphatic rings. The minimum Gasteiger partial charge on any atom is -0.497 e. The zero-order valence-electron chi connectivity index (χ0n) is 11.5. The van der Waals surface area contributed by atoms with Crippen LogP contribution in [0.1, 0.15) is 16.1 Å². The van der Waals surface area contributed by atoms with Gasteiger partial charge in [-0.05, 0) is 31.2 Å². The van der Waals surface area contributed by atoms with Crippen LogP contribution in [-0.2, 0) is 0 Å². The van der Waals surface area contributed by atoms with E-state index in [2.05, 4.69) is 4.98 Å². The Morgan fingerprint density at radius 2 is 1.90 bits per heavy atom. The number of aromatic nitrogens is 1. The summed E-state index contributed by atoms with van der Waals surface area (Å²) in [5, 5.41) is 9.01. The first-order valence-corrected chi connectivity index (χ1v) is 6.00. The lowest BCUT2D eigenvalue weighted by molar-refractivity contribution is 0.0695. The standard InChI is InChI=1S/C15H15NO4/c1-9-11(15(17)18)6-7-13(16-9)12-5-4-10(19-2)8-14(12)20-3/h4-8H,1-3H3,(H,17,18). The van der Waals surface area contributed by atoms with Crippen molar-refractivity contribution < 1.29 is 19.4 Å². The molecule has 2 rings (SSSR count). The van der Waals surface area contributed by atoms with Gasteiger partial charge in [-0.25, -0.2) is 4.79 Å². The van der Waals surface area contributed by atoms with Crippen molar-refractivity contribution in [3.05, 3.63) is 41.6 Å². The second-order valence-electron chi connectivity index (χ2n) is 4.20. The van der Waals surface area contributed by atoms with E-state index in [4.69, 9.17) is 14.6 Å². The molecule has 1 aromatic heterocycles. The summed E-state index contributed by atoms with van der Waals surface area (Å²) in [6.45, 7) is 1.67. The molecule has 0 saturated carbocycles. The average Bonchev–Trinajstić information content (AvgIpc) is 2.46. The van der Waals surface area contributed by atoms with Crippen LogP contribution in [0.4, 0.5) is 0 Å². The van der Waals surface area contributed by atoms with E-state index in [1.165, 1.54) is 0 Å². The third-order valence-corrected chi connectivity index (χ3v) is 3.00. The summed E-state index contributed by atoms with van der Waals surface area (Å²) in [7, 11) is 3.15. The Bertz CT molecular complexity index is 652. The van der Waals surface area contributed by atoms with Crippen LogP contribution in [0.3, 0.4) is 0 Å². The number of carboxylic acids is 1. The van der Waals surface area contributed by atoms with Crippen LogP contribution < -0.4 is 9.47 Å². The van der Waals surface area contributed by atoms with E-state index in [0.29, 0.717) is 22.9 Å². The molecule has 1 N–H and O–H groups in total. The lowest BCUT2D eigenvalue weighted by atomic mass is 10.1. The van der Waals surface area contributed by atoms with Gasteiger partial charge in [0.25, 0.3) is 0 Å². The first-order chi connectivity index (χ1) is 9.56. The van der Waals surface area contributed by atoms with E-state index in [9.17, 15) is 4.79 Å². The van der Waals surface area contributed by atoms with Gasteiger partial charge in [0.05, 0.1) is 31.2 Å². The molecule has 2 aromatic rings. The molecule has 0 radical (unpaired) electrons. The fourth-order valence-corrected chi connectivity index (χ4v) is 1.95. The van der Waals surface area contributed by atoms with Gasteiger partial charge in [0.1, 0.15) is 11.5 Å². The highest BCUT2D eigenvalue weighted by Crippen LogP contribution is 2.32. The summed E-state index contributed by atoms with van der Waals surface area (Å²) in [6.07, 6.45) is 0. The molecule has 0 fully saturated rings. The second-order valence-corrected chi connectivity index (χ2v) is 4.20. The molecule has 0 amide bonds. The van der Waals surface area contributed by atoms with E-state index in [0.717, 1.165) is 5.56 Å². The van der Waals surface area contributed by atoms with E-state index < -0.39 is 5.97 Å². The number of ether oxygens (including phenoxy) is 2. The van der Waals surface area contributed by atoms with E-state index in [1.54, 1.807) is 45.4 Å². The van der Waals surface area contributed by atoms with Gasteiger partial charge in [0.15, 0.2) is 0 Å². The molecule has 5 heteroatoms. The zero-order valence-corrected chi connectivity index (χ0v) is 11.5. The molecular formula is C15H15NO4. The van der Waals surface area contributed by atoms with Gasteiger partial charge in [-0.3, -0.25) is 4.98 Å². The Kier molecular flexibility index (Phi) is 3.89.